The van der Waals surface area contributed by atoms with E-state index in [0.29, 0.717) is 6.29 Å². The topological polar surface area (TPSA) is 125 Å². The van der Waals surface area contributed by atoms with Gasteiger partial charge < -0.3 is 25.3 Å². The lowest BCUT2D eigenvalue weighted by atomic mass is 10.1. The van der Waals surface area contributed by atoms with Gasteiger partial charge in [-0.15, -0.1) is 0 Å². The standard InChI is InChI=1S/C24H28N2O6/c25-21(12-14-23(29)32-17-19-9-5-2-6-10-19)24(30)26-20(15-27)11-13-22(28)31-16-18-7-3-1-4-8-18/h1-10,15,20-21H,11-14,16-17,25H2,(H,26,30)/t20-,21-/m1/s1. The highest BCUT2D eigenvalue weighted by Crippen LogP contribution is 2.06. The van der Waals surface area contributed by atoms with Crippen molar-refractivity contribution in [3.8, 4) is 0 Å². The molecule has 0 radical (unpaired) electrons. The van der Waals surface area contributed by atoms with Gasteiger partial charge in [-0.05, 0) is 24.0 Å². The molecule has 0 heterocycles. The van der Waals surface area contributed by atoms with Gasteiger partial charge in [-0.25, -0.2) is 0 Å². The van der Waals surface area contributed by atoms with Crippen LogP contribution in [-0.2, 0) is 41.9 Å². The van der Waals surface area contributed by atoms with Crippen LogP contribution in [0.4, 0.5) is 0 Å². The summed E-state index contributed by atoms with van der Waals surface area (Å²) in [6, 6.07) is 16.6. The fourth-order valence-corrected chi connectivity index (χ4v) is 2.76. The van der Waals surface area contributed by atoms with Crippen molar-refractivity contribution in [3.05, 3.63) is 71.8 Å². The summed E-state index contributed by atoms with van der Waals surface area (Å²) in [5, 5.41) is 2.49. The van der Waals surface area contributed by atoms with Crippen molar-refractivity contribution in [2.75, 3.05) is 0 Å². The number of amides is 1. The number of carbonyl (C=O) groups excluding carboxylic acids is 4. The molecule has 0 spiro atoms. The second-order valence-corrected chi connectivity index (χ2v) is 7.23. The van der Waals surface area contributed by atoms with Gasteiger partial charge in [-0.2, -0.15) is 0 Å². The van der Waals surface area contributed by atoms with Gasteiger partial charge in [0, 0.05) is 12.8 Å². The van der Waals surface area contributed by atoms with E-state index in [1.807, 2.05) is 60.7 Å². The maximum Gasteiger partial charge on any atom is 0.306 e. The SMILES string of the molecule is N[C@H](CCC(=O)OCc1ccccc1)C(=O)N[C@@H](C=O)CCC(=O)OCc1ccccc1. The number of benzene rings is 2. The summed E-state index contributed by atoms with van der Waals surface area (Å²) in [6.07, 6.45) is 0.651. The molecule has 0 bridgehead atoms. The molecule has 2 atom stereocenters. The lowest BCUT2D eigenvalue weighted by Gasteiger charge is -2.16. The molecule has 3 N–H and O–H groups in total. The van der Waals surface area contributed by atoms with Crippen LogP contribution >= 0.6 is 0 Å². The van der Waals surface area contributed by atoms with Crippen molar-refractivity contribution in [3.63, 3.8) is 0 Å². The highest BCUT2D eigenvalue weighted by Gasteiger charge is 2.20. The monoisotopic (exact) mass is 440 g/mol. The highest BCUT2D eigenvalue weighted by molar-refractivity contribution is 5.85. The third-order valence-corrected chi connectivity index (χ3v) is 4.63. The molecular formula is C24H28N2O6. The second-order valence-electron chi connectivity index (χ2n) is 7.23. The van der Waals surface area contributed by atoms with Crippen molar-refractivity contribution in [2.45, 2.75) is 51.0 Å². The van der Waals surface area contributed by atoms with Crippen LogP contribution in [0.25, 0.3) is 0 Å². The van der Waals surface area contributed by atoms with Gasteiger partial charge in [0.25, 0.3) is 0 Å². The van der Waals surface area contributed by atoms with Crippen LogP contribution in [-0.4, -0.2) is 36.2 Å². The molecule has 170 valence electrons. The number of aldehydes is 1. The molecule has 8 nitrogen and oxygen atoms in total. The zero-order valence-electron chi connectivity index (χ0n) is 17.8. The van der Waals surface area contributed by atoms with E-state index in [9.17, 15) is 19.2 Å². The van der Waals surface area contributed by atoms with Gasteiger partial charge in [0.2, 0.25) is 5.91 Å². The van der Waals surface area contributed by atoms with Gasteiger partial charge in [-0.3, -0.25) is 14.4 Å². The van der Waals surface area contributed by atoms with E-state index in [-0.39, 0.29) is 38.9 Å². The molecule has 32 heavy (non-hydrogen) atoms. The van der Waals surface area contributed by atoms with Gasteiger partial charge in [0.15, 0.2) is 0 Å². The second kappa shape index (κ2) is 13.7. The molecule has 2 aromatic rings. The van der Waals surface area contributed by atoms with Crippen molar-refractivity contribution >= 4 is 24.1 Å². The first-order valence-corrected chi connectivity index (χ1v) is 10.4. The predicted octanol–water partition coefficient (Wildman–Crippen LogP) is 2.04. The third kappa shape index (κ3) is 9.53. The molecule has 2 aromatic carbocycles. The average Bonchev–Trinajstić information content (AvgIpc) is 2.83. The molecule has 0 aliphatic carbocycles. The van der Waals surface area contributed by atoms with Crippen LogP contribution in [0.1, 0.15) is 36.8 Å². The molecule has 0 fully saturated rings. The summed E-state index contributed by atoms with van der Waals surface area (Å²) in [4.78, 5) is 47.2. The van der Waals surface area contributed by atoms with Gasteiger partial charge in [-0.1, -0.05) is 60.7 Å². The lowest BCUT2D eigenvalue weighted by Crippen LogP contribution is -2.46. The van der Waals surface area contributed by atoms with Gasteiger partial charge >= 0.3 is 11.9 Å². The predicted molar refractivity (Wildman–Crippen MR) is 117 cm³/mol. The molecule has 8 heteroatoms. The highest BCUT2D eigenvalue weighted by atomic mass is 16.5. The molecule has 2 rings (SSSR count). The van der Waals surface area contributed by atoms with Crippen molar-refractivity contribution in [1.29, 1.82) is 0 Å². The minimum atomic E-state index is -0.980. The number of carbonyl (C=O) groups is 4. The number of nitrogens with two attached hydrogens (primary N) is 1. The Labute approximate surface area is 187 Å². The van der Waals surface area contributed by atoms with Crippen molar-refractivity contribution in [2.24, 2.45) is 5.73 Å². The Hall–Kier alpha value is -3.52. The van der Waals surface area contributed by atoms with Crippen LogP contribution < -0.4 is 11.1 Å². The van der Waals surface area contributed by atoms with Crippen molar-refractivity contribution < 1.29 is 28.7 Å². The smallest absolute Gasteiger partial charge is 0.306 e. The Balaban J connectivity index is 1.64. The summed E-state index contributed by atoms with van der Waals surface area (Å²) in [5.74, 6) is -1.51. The number of hydrogen-bond acceptors (Lipinski definition) is 7. The molecule has 0 unspecified atom stereocenters. The fraction of sp³-hybridized carbons (Fsp3) is 0.333. The number of ether oxygens (including phenoxy) is 2. The first-order valence-electron chi connectivity index (χ1n) is 10.4. The van der Waals surface area contributed by atoms with E-state index in [1.165, 1.54) is 0 Å². The Bertz CT molecular complexity index is 873. The number of nitrogens with one attached hydrogen (secondary N) is 1. The molecule has 0 saturated heterocycles. The molecular weight excluding hydrogens is 412 g/mol. The maximum absolute atomic E-state index is 12.2. The zero-order valence-corrected chi connectivity index (χ0v) is 17.8. The Kier molecular flexibility index (Phi) is 10.6. The van der Waals surface area contributed by atoms with E-state index < -0.39 is 29.9 Å². The summed E-state index contributed by atoms with van der Waals surface area (Å²) in [5.41, 5.74) is 7.53. The molecule has 0 aliphatic heterocycles. The van der Waals surface area contributed by atoms with Crippen LogP contribution in [0.15, 0.2) is 60.7 Å². The Morgan fingerprint density at radius 3 is 1.75 bits per heavy atom. The quantitative estimate of drug-likeness (QED) is 0.361. The minimum absolute atomic E-state index is 0.0288. The Morgan fingerprint density at radius 1 is 0.812 bits per heavy atom. The number of hydrogen-bond donors (Lipinski definition) is 2. The summed E-state index contributed by atoms with van der Waals surface area (Å²) in [7, 11) is 0. The maximum atomic E-state index is 12.2. The van der Waals surface area contributed by atoms with E-state index in [1.54, 1.807) is 0 Å². The molecule has 1 amide bonds. The lowest BCUT2D eigenvalue weighted by molar-refractivity contribution is -0.146. The minimum Gasteiger partial charge on any atom is -0.461 e. The van der Waals surface area contributed by atoms with Crippen molar-refractivity contribution in [1.82, 2.24) is 5.32 Å². The van der Waals surface area contributed by atoms with Gasteiger partial charge in [0.1, 0.15) is 19.5 Å². The first kappa shape index (κ1) is 24.7. The molecule has 0 aromatic heterocycles. The molecule has 0 aliphatic rings. The summed E-state index contributed by atoms with van der Waals surface area (Å²) >= 11 is 0. The summed E-state index contributed by atoms with van der Waals surface area (Å²) < 4.78 is 10.3. The van der Waals surface area contributed by atoms with E-state index in [4.69, 9.17) is 15.2 Å². The summed E-state index contributed by atoms with van der Waals surface area (Å²) in [6.45, 7) is 0.289. The van der Waals surface area contributed by atoms with Crippen LogP contribution in [0.5, 0.6) is 0 Å². The van der Waals surface area contributed by atoms with E-state index in [0.717, 1.165) is 11.1 Å². The van der Waals surface area contributed by atoms with Crippen LogP contribution in [0, 0.1) is 0 Å². The number of esters is 2. The van der Waals surface area contributed by atoms with Gasteiger partial charge in [0.05, 0.1) is 12.1 Å². The Morgan fingerprint density at radius 2 is 1.28 bits per heavy atom. The molecule has 0 saturated carbocycles. The normalized spacial score (nSPS) is 12.3. The largest absolute Gasteiger partial charge is 0.461 e. The van der Waals surface area contributed by atoms with Crippen LogP contribution in [0.2, 0.25) is 0 Å². The first-order chi connectivity index (χ1) is 15.5. The third-order valence-electron chi connectivity index (χ3n) is 4.63. The van der Waals surface area contributed by atoms with E-state index in [2.05, 4.69) is 5.32 Å². The number of rotatable bonds is 13. The fourth-order valence-electron chi connectivity index (χ4n) is 2.76. The zero-order chi connectivity index (χ0) is 23.2. The average molecular weight is 440 g/mol. The van der Waals surface area contributed by atoms with E-state index >= 15 is 0 Å². The van der Waals surface area contributed by atoms with Crippen LogP contribution in [0.3, 0.4) is 0 Å².